The second-order valence-electron chi connectivity index (χ2n) is 9.22. The number of halogens is 3. The molecule has 1 fully saturated rings. The highest BCUT2D eigenvalue weighted by Crippen LogP contribution is 2.35. The lowest BCUT2D eigenvalue weighted by atomic mass is 9.88. The monoisotopic (exact) mass is 489 g/mol. The predicted octanol–water partition coefficient (Wildman–Crippen LogP) is 5.15. The summed E-state index contributed by atoms with van der Waals surface area (Å²) < 4.78 is 34.1. The summed E-state index contributed by atoms with van der Waals surface area (Å²) in [5.41, 5.74) is 8.24. The molecule has 3 N–H and O–H groups in total. The fourth-order valence-electron chi connectivity index (χ4n) is 5.19. The van der Waals surface area contributed by atoms with Gasteiger partial charge in [0.2, 0.25) is 0 Å². The maximum absolute atomic E-state index is 14.6. The molecule has 1 aliphatic heterocycles. The quantitative estimate of drug-likeness (QED) is 0.430. The first kappa shape index (κ1) is 24.5. The van der Waals surface area contributed by atoms with Crippen molar-refractivity contribution in [2.45, 2.75) is 57.0 Å². The molecular weight excluding hydrogens is 460 g/mol. The molecule has 3 aromatic rings. The van der Waals surface area contributed by atoms with Gasteiger partial charge in [-0.15, -0.1) is 12.4 Å². The van der Waals surface area contributed by atoms with Crippen LogP contribution in [-0.4, -0.2) is 41.0 Å². The van der Waals surface area contributed by atoms with E-state index in [1.807, 2.05) is 6.20 Å². The van der Waals surface area contributed by atoms with Gasteiger partial charge < -0.3 is 15.5 Å². The fraction of sp³-hybridized carbons (Fsp3) is 0.423. The summed E-state index contributed by atoms with van der Waals surface area (Å²) in [5, 5.41) is 0.948. The van der Waals surface area contributed by atoms with Crippen LogP contribution in [0.15, 0.2) is 36.5 Å². The van der Waals surface area contributed by atoms with Crippen molar-refractivity contribution < 1.29 is 18.3 Å². The predicted molar refractivity (Wildman–Crippen MR) is 131 cm³/mol. The van der Waals surface area contributed by atoms with E-state index in [1.54, 1.807) is 12.1 Å². The maximum atomic E-state index is 14.6. The minimum absolute atomic E-state index is 0. The number of primary amides is 1. The number of fused-ring (bicyclic) bond motifs is 2. The first-order chi connectivity index (χ1) is 16.0. The number of unbranched alkanes of at least 4 members (excludes halogenated alkanes) is 1. The Balaban J connectivity index is 0.00000274. The number of carbonyl (C=O) groups excluding carboxylic acids is 1. The summed E-state index contributed by atoms with van der Waals surface area (Å²) in [7, 11) is 0. The van der Waals surface area contributed by atoms with Crippen molar-refractivity contribution in [2.75, 3.05) is 13.2 Å². The Labute approximate surface area is 204 Å². The van der Waals surface area contributed by atoms with Crippen LogP contribution in [0.5, 0.6) is 5.75 Å². The van der Waals surface area contributed by atoms with E-state index in [2.05, 4.69) is 9.88 Å². The van der Waals surface area contributed by atoms with Gasteiger partial charge in [0.25, 0.3) is 5.91 Å². The van der Waals surface area contributed by atoms with Gasteiger partial charge in [-0.1, -0.05) is 6.42 Å². The smallest absolute Gasteiger partial charge is 0.252 e. The zero-order chi connectivity index (χ0) is 22.9. The Bertz CT molecular complexity index is 1180. The molecule has 2 aliphatic rings. The van der Waals surface area contributed by atoms with Gasteiger partial charge in [0.05, 0.1) is 5.56 Å². The Kier molecular flexibility index (Phi) is 7.43. The van der Waals surface area contributed by atoms with Crippen molar-refractivity contribution >= 4 is 29.2 Å². The molecular formula is C26H30ClF2N3O2. The molecule has 2 aromatic carbocycles. The van der Waals surface area contributed by atoms with Crippen molar-refractivity contribution in [3.63, 3.8) is 0 Å². The van der Waals surface area contributed by atoms with Gasteiger partial charge in [0.15, 0.2) is 0 Å². The number of benzene rings is 2. The van der Waals surface area contributed by atoms with Gasteiger partial charge in [-0.25, -0.2) is 8.78 Å². The van der Waals surface area contributed by atoms with Crippen LogP contribution in [0.2, 0.25) is 0 Å². The van der Waals surface area contributed by atoms with Gasteiger partial charge in [0, 0.05) is 34.7 Å². The van der Waals surface area contributed by atoms with Gasteiger partial charge in [-0.2, -0.15) is 0 Å². The molecule has 1 unspecified atom stereocenters. The molecule has 5 nitrogen and oxygen atoms in total. The molecule has 0 bridgehead atoms. The van der Waals surface area contributed by atoms with E-state index >= 15 is 0 Å². The molecule has 0 radical (unpaired) electrons. The Hall–Kier alpha value is -2.64. The minimum Gasteiger partial charge on any atom is -0.491 e. The summed E-state index contributed by atoms with van der Waals surface area (Å²) in [6.07, 6.45) is 8.85. The highest BCUT2D eigenvalue weighted by molar-refractivity contribution is 5.96. The van der Waals surface area contributed by atoms with Crippen LogP contribution >= 0.6 is 12.4 Å². The van der Waals surface area contributed by atoms with E-state index in [1.165, 1.54) is 24.6 Å². The average molecular weight is 490 g/mol. The van der Waals surface area contributed by atoms with Crippen molar-refractivity contribution in [3.05, 3.63) is 64.9 Å². The van der Waals surface area contributed by atoms with Gasteiger partial charge in [-0.3, -0.25) is 9.69 Å². The number of amides is 1. The number of rotatable bonds is 8. The molecule has 0 spiro atoms. The van der Waals surface area contributed by atoms with Crippen LogP contribution in [-0.2, 0) is 12.8 Å². The van der Waals surface area contributed by atoms with Crippen molar-refractivity contribution in [1.29, 1.82) is 0 Å². The highest BCUT2D eigenvalue weighted by Gasteiger charge is 2.35. The van der Waals surface area contributed by atoms with Crippen LogP contribution < -0.4 is 10.5 Å². The average Bonchev–Trinajstić information content (AvgIpc) is 3.16. The third-order valence-corrected chi connectivity index (χ3v) is 7.18. The zero-order valence-corrected chi connectivity index (χ0v) is 19.8. The number of carbonyl (C=O) groups is 1. The molecule has 1 aliphatic carbocycles. The normalized spacial score (nSPS) is 17.7. The third kappa shape index (κ3) is 4.77. The van der Waals surface area contributed by atoms with E-state index in [4.69, 9.17) is 10.5 Å². The van der Waals surface area contributed by atoms with Crippen LogP contribution in [0.4, 0.5) is 8.78 Å². The molecule has 1 amide bonds. The zero-order valence-electron chi connectivity index (χ0n) is 19.0. The minimum atomic E-state index is -0.599. The number of nitrogens with one attached hydrogen (secondary N) is 1. The highest BCUT2D eigenvalue weighted by atomic mass is 35.5. The second kappa shape index (κ2) is 10.3. The number of aromatic amines is 1. The number of aromatic nitrogens is 1. The number of H-pyrrole nitrogens is 1. The number of nitrogens with two attached hydrogens (primary N) is 1. The van der Waals surface area contributed by atoms with Crippen LogP contribution in [0.25, 0.3) is 10.9 Å². The van der Waals surface area contributed by atoms with Crippen LogP contribution in [0, 0.1) is 11.6 Å². The third-order valence-electron chi connectivity index (χ3n) is 7.18. The Morgan fingerprint density at radius 2 is 1.97 bits per heavy atom. The largest absolute Gasteiger partial charge is 0.491 e. The standard InChI is InChI=1S/C26H29F2N3O2.ClH/c27-17-7-10-24-21(12-17)16(14-30-24)4-1-2-11-31(18-5-3-6-18)19-13-22-23(28)9-8-20(26(29)32)25(22)33-15-19;/h7-10,12,14,18-19,30H,1-6,11,13,15H2,(H2,29,32);1H. The topological polar surface area (TPSA) is 71.4 Å². The second-order valence-corrected chi connectivity index (χ2v) is 9.22. The Morgan fingerprint density at radius 3 is 2.71 bits per heavy atom. The molecule has 0 saturated heterocycles. The molecule has 182 valence electrons. The summed E-state index contributed by atoms with van der Waals surface area (Å²) in [4.78, 5) is 17.4. The molecule has 1 atom stereocenters. The molecule has 2 heterocycles. The number of hydrogen-bond acceptors (Lipinski definition) is 3. The molecule has 8 heteroatoms. The number of ether oxygens (including phenoxy) is 1. The summed E-state index contributed by atoms with van der Waals surface area (Å²) in [5.74, 6) is -0.861. The first-order valence-corrected chi connectivity index (χ1v) is 11.8. The number of hydrogen-bond donors (Lipinski definition) is 2. The summed E-state index contributed by atoms with van der Waals surface area (Å²) >= 11 is 0. The van der Waals surface area contributed by atoms with E-state index in [9.17, 15) is 13.6 Å². The van der Waals surface area contributed by atoms with E-state index in [0.717, 1.165) is 55.1 Å². The maximum Gasteiger partial charge on any atom is 0.252 e. The lowest BCUT2D eigenvalue weighted by molar-refractivity contribution is 0.0420. The lowest BCUT2D eigenvalue weighted by Gasteiger charge is -2.44. The molecule has 1 saturated carbocycles. The van der Waals surface area contributed by atoms with Gasteiger partial charge in [0.1, 0.15) is 24.0 Å². The van der Waals surface area contributed by atoms with E-state index in [-0.39, 0.29) is 35.6 Å². The first-order valence-electron chi connectivity index (χ1n) is 11.8. The Morgan fingerprint density at radius 1 is 1.15 bits per heavy atom. The van der Waals surface area contributed by atoms with E-state index in [0.29, 0.717) is 30.4 Å². The van der Waals surface area contributed by atoms with E-state index < -0.39 is 5.91 Å². The fourth-order valence-corrected chi connectivity index (χ4v) is 5.19. The van der Waals surface area contributed by atoms with Crippen molar-refractivity contribution in [1.82, 2.24) is 9.88 Å². The van der Waals surface area contributed by atoms with Gasteiger partial charge >= 0.3 is 0 Å². The molecule has 1 aromatic heterocycles. The van der Waals surface area contributed by atoms with Crippen molar-refractivity contribution in [3.8, 4) is 5.75 Å². The van der Waals surface area contributed by atoms with Crippen LogP contribution in [0.1, 0.15) is 53.6 Å². The molecule has 34 heavy (non-hydrogen) atoms. The SMILES string of the molecule is Cl.NC(=O)c1ccc(F)c2c1OCC(N(CCCCc1c[nH]c3ccc(F)cc13)C1CCC1)C2. The number of aryl methyl sites for hydroxylation is 1. The lowest BCUT2D eigenvalue weighted by Crippen LogP contribution is -2.51. The van der Waals surface area contributed by atoms with Crippen LogP contribution in [0.3, 0.4) is 0 Å². The van der Waals surface area contributed by atoms with Crippen molar-refractivity contribution in [2.24, 2.45) is 5.73 Å². The molecule has 5 rings (SSSR count). The summed E-state index contributed by atoms with van der Waals surface area (Å²) in [6.45, 7) is 1.33. The summed E-state index contributed by atoms with van der Waals surface area (Å²) in [6, 6.07) is 8.11. The number of nitrogens with zero attached hydrogens (tertiary/aromatic N) is 1. The van der Waals surface area contributed by atoms with Gasteiger partial charge in [-0.05, 0) is 81.0 Å².